The molecule has 1 aliphatic heterocycles. The Bertz CT molecular complexity index is 1270. The number of esters is 1. The van der Waals surface area contributed by atoms with E-state index in [4.69, 9.17) is 18.6 Å². The molecule has 2 amide bonds. The van der Waals surface area contributed by atoms with Crippen molar-refractivity contribution >= 4 is 34.4 Å². The minimum Gasteiger partial charge on any atom is -0.482 e. The number of hydrogen-bond donors (Lipinski definition) is 1. The predicted molar refractivity (Wildman–Crippen MR) is 116 cm³/mol. The topological polar surface area (TPSA) is 124 Å². The number of amides is 2. The first kappa shape index (κ1) is 21.9. The van der Waals surface area contributed by atoms with Gasteiger partial charge in [-0.3, -0.25) is 9.59 Å². The average molecular weight is 452 g/mol. The summed E-state index contributed by atoms with van der Waals surface area (Å²) >= 11 is 0. The summed E-state index contributed by atoms with van der Waals surface area (Å²) in [6, 6.07) is 14.5. The number of carbonyl (C=O) groups is 3. The highest BCUT2D eigenvalue weighted by Gasteiger charge is 2.33. The lowest BCUT2D eigenvalue weighted by molar-refractivity contribution is -0.150. The van der Waals surface area contributed by atoms with Crippen LogP contribution in [0.15, 0.2) is 63.8 Å². The number of rotatable bonds is 6. The fourth-order valence-electron chi connectivity index (χ4n) is 3.30. The fourth-order valence-corrected chi connectivity index (χ4v) is 3.30. The van der Waals surface area contributed by atoms with E-state index in [0.29, 0.717) is 28.2 Å². The Balaban J connectivity index is 1.35. The van der Waals surface area contributed by atoms with Crippen LogP contribution in [0.2, 0.25) is 0 Å². The van der Waals surface area contributed by atoms with E-state index in [1.807, 2.05) is 0 Å². The summed E-state index contributed by atoms with van der Waals surface area (Å²) in [4.78, 5) is 49.6. The smallest absolute Gasteiger partial charge is 0.344 e. The number of para-hydroxylation sites is 2. The number of fused-ring (bicyclic) bond motifs is 2. The summed E-state index contributed by atoms with van der Waals surface area (Å²) in [5.74, 6) is -0.972. The third kappa shape index (κ3) is 4.95. The number of likely N-dealkylation sites (N-methyl/N-ethyl adjacent to an activating group) is 1. The highest BCUT2D eigenvalue weighted by atomic mass is 16.6. The number of hydrogen-bond acceptors (Lipinski definition) is 8. The third-order valence-electron chi connectivity index (χ3n) is 4.92. The van der Waals surface area contributed by atoms with Crippen molar-refractivity contribution in [2.75, 3.05) is 31.7 Å². The second-order valence-corrected chi connectivity index (χ2v) is 7.10. The van der Waals surface area contributed by atoms with Crippen LogP contribution in [0.4, 0.5) is 5.69 Å². The van der Waals surface area contributed by atoms with Crippen molar-refractivity contribution in [3.63, 3.8) is 0 Å². The van der Waals surface area contributed by atoms with Crippen LogP contribution in [0.3, 0.4) is 0 Å². The van der Waals surface area contributed by atoms with Crippen molar-refractivity contribution in [3.05, 3.63) is 65.0 Å². The van der Waals surface area contributed by atoms with Gasteiger partial charge in [0.25, 0.3) is 11.8 Å². The van der Waals surface area contributed by atoms with Crippen molar-refractivity contribution < 1.29 is 33.0 Å². The molecule has 2 heterocycles. The zero-order valence-corrected chi connectivity index (χ0v) is 17.6. The highest BCUT2D eigenvalue weighted by molar-refractivity contribution is 5.98. The first-order chi connectivity index (χ1) is 15.9. The molecule has 170 valence electrons. The summed E-state index contributed by atoms with van der Waals surface area (Å²) < 4.78 is 21.2. The molecule has 1 unspecified atom stereocenters. The summed E-state index contributed by atoms with van der Waals surface area (Å²) in [6.45, 7) is -1.01. The lowest BCUT2D eigenvalue weighted by atomic mass is 10.1. The van der Waals surface area contributed by atoms with Crippen molar-refractivity contribution in [3.8, 4) is 11.5 Å². The van der Waals surface area contributed by atoms with Crippen molar-refractivity contribution in [2.24, 2.45) is 0 Å². The molecule has 0 spiro atoms. The van der Waals surface area contributed by atoms with Crippen molar-refractivity contribution in [1.82, 2.24) is 5.32 Å². The monoisotopic (exact) mass is 452 g/mol. The Morgan fingerprint density at radius 3 is 2.70 bits per heavy atom. The zero-order chi connectivity index (χ0) is 23.4. The van der Waals surface area contributed by atoms with Gasteiger partial charge in [0.1, 0.15) is 17.1 Å². The number of nitrogens with one attached hydrogen (secondary N) is 1. The summed E-state index contributed by atoms with van der Waals surface area (Å²) in [6.07, 6.45) is -0.888. The molecule has 3 aromatic rings. The SMILES string of the molecule is CNC(=O)C1CN(C(=O)COC(=O)COc2ccc3ccc(=O)oc3c2)c2ccccc2O1. The Morgan fingerprint density at radius 1 is 1.09 bits per heavy atom. The van der Waals surface area contributed by atoms with E-state index in [0.717, 1.165) is 0 Å². The van der Waals surface area contributed by atoms with Crippen LogP contribution in [0.25, 0.3) is 11.0 Å². The van der Waals surface area contributed by atoms with Crippen LogP contribution in [0.1, 0.15) is 0 Å². The molecule has 0 fully saturated rings. The molecule has 0 saturated carbocycles. The zero-order valence-electron chi connectivity index (χ0n) is 17.6. The highest BCUT2D eigenvalue weighted by Crippen LogP contribution is 2.33. The van der Waals surface area contributed by atoms with Gasteiger partial charge < -0.3 is 28.8 Å². The molecular weight excluding hydrogens is 432 g/mol. The molecule has 0 aliphatic carbocycles. The predicted octanol–water partition coefficient (Wildman–Crippen LogP) is 1.26. The number of benzene rings is 2. The summed E-state index contributed by atoms with van der Waals surface area (Å²) in [7, 11) is 1.48. The van der Waals surface area contributed by atoms with Gasteiger partial charge >= 0.3 is 11.6 Å². The lowest BCUT2D eigenvalue weighted by Crippen LogP contribution is -2.51. The molecule has 2 aromatic carbocycles. The molecule has 0 radical (unpaired) electrons. The molecule has 1 atom stereocenters. The van der Waals surface area contributed by atoms with E-state index in [2.05, 4.69) is 5.32 Å². The molecule has 1 N–H and O–H groups in total. The minimum absolute atomic E-state index is 0.0220. The second kappa shape index (κ2) is 9.43. The van der Waals surface area contributed by atoms with E-state index in [1.165, 1.54) is 24.1 Å². The van der Waals surface area contributed by atoms with E-state index in [1.54, 1.807) is 42.5 Å². The number of nitrogens with zero attached hydrogens (tertiary/aromatic N) is 1. The quantitative estimate of drug-likeness (QED) is 0.438. The van der Waals surface area contributed by atoms with Crippen LogP contribution in [-0.2, 0) is 19.1 Å². The van der Waals surface area contributed by atoms with Crippen LogP contribution < -0.4 is 25.3 Å². The fraction of sp³-hybridized carbons (Fsp3) is 0.217. The van der Waals surface area contributed by atoms with Gasteiger partial charge in [-0.25, -0.2) is 9.59 Å². The van der Waals surface area contributed by atoms with Gasteiger partial charge in [0, 0.05) is 24.6 Å². The Kier molecular flexibility index (Phi) is 6.25. The number of ether oxygens (including phenoxy) is 3. The third-order valence-corrected chi connectivity index (χ3v) is 4.92. The van der Waals surface area contributed by atoms with Gasteiger partial charge in [-0.2, -0.15) is 0 Å². The molecule has 4 rings (SSSR count). The molecule has 1 aromatic heterocycles. The standard InChI is InChI=1S/C23H20N2O8/c1-24-23(29)19-11-25(16-4-2-3-5-17(16)32-19)20(26)12-31-22(28)13-30-15-8-6-14-7-9-21(27)33-18(14)10-15/h2-10,19H,11-13H2,1H3,(H,24,29). The second-order valence-electron chi connectivity index (χ2n) is 7.10. The van der Waals surface area contributed by atoms with Gasteiger partial charge in [0.15, 0.2) is 19.3 Å². The summed E-state index contributed by atoms with van der Waals surface area (Å²) in [5.41, 5.74) is 0.300. The van der Waals surface area contributed by atoms with E-state index >= 15 is 0 Å². The molecule has 10 nitrogen and oxygen atoms in total. The first-order valence-electron chi connectivity index (χ1n) is 10.0. The lowest BCUT2D eigenvalue weighted by Gasteiger charge is -2.33. The van der Waals surface area contributed by atoms with Gasteiger partial charge in [-0.1, -0.05) is 12.1 Å². The number of carbonyl (C=O) groups excluding carboxylic acids is 3. The Hall–Kier alpha value is -4.34. The van der Waals surface area contributed by atoms with Crippen LogP contribution in [-0.4, -0.2) is 50.7 Å². The average Bonchev–Trinajstić information content (AvgIpc) is 2.84. The van der Waals surface area contributed by atoms with E-state index < -0.39 is 36.8 Å². The minimum atomic E-state index is -0.888. The van der Waals surface area contributed by atoms with Gasteiger partial charge in [0.2, 0.25) is 0 Å². The van der Waals surface area contributed by atoms with Gasteiger partial charge in [-0.05, 0) is 30.3 Å². The maximum absolute atomic E-state index is 12.8. The molecular formula is C23H20N2O8. The number of anilines is 1. The summed E-state index contributed by atoms with van der Waals surface area (Å²) in [5, 5.41) is 3.20. The van der Waals surface area contributed by atoms with E-state index in [-0.39, 0.29) is 12.5 Å². The van der Waals surface area contributed by atoms with Crippen LogP contribution in [0, 0.1) is 0 Å². The molecule has 33 heavy (non-hydrogen) atoms. The van der Waals surface area contributed by atoms with Crippen LogP contribution in [0.5, 0.6) is 11.5 Å². The van der Waals surface area contributed by atoms with Gasteiger partial charge in [0.05, 0.1) is 12.2 Å². The maximum atomic E-state index is 12.8. The molecule has 0 saturated heterocycles. The van der Waals surface area contributed by atoms with Gasteiger partial charge in [-0.15, -0.1) is 0 Å². The van der Waals surface area contributed by atoms with Crippen molar-refractivity contribution in [1.29, 1.82) is 0 Å². The van der Waals surface area contributed by atoms with E-state index in [9.17, 15) is 19.2 Å². The molecule has 0 bridgehead atoms. The first-order valence-corrected chi connectivity index (χ1v) is 10.0. The Labute approximate surface area is 187 Å². The molecule has 10 heteroatoms. The molecule has 1 aliphatic rings. The normalized spacial score (nSPS) is 14.7. The Morgan fingerprint density at radius 2 is 1.88 bits per heavy atom. The largest absolute Gasteiger partial charge is 0.482 e. The maximum Gasteiger partial charge on any atom is 0.344 e. The van der Waals surface area contributed by atoms with Crippen LogP contribution >= 0.6 is 0 Å². The van der Waals surface area contributed by atoms with Crippen molar-refractivity contribution in [2.45, 2.75) is 6.10 Å².